The molecule has 0 aromatic carbocycles. The summed E-state index contributed by atoms with van der Waals surface area (Å²) in [5, 5.41) is 0. The molecule has 0 saturated heterocycles. The number of nitrogens with zero attached hydrogens (tertiary/aromatic N) is 1. The number of aryl methyl sites for hydroxylation is 2. The van der Waals surface area contributed by atoms with E-state index >= 15 is 0 Å². The van der Waals surface area contributed by atoms with Gasteiger partial charge in [-0.1, -0.05) is 19.8 Å². The predicted octanol–water partition coefficient (Wildman–Crippen LogP) is 4.07. The number of rotatable bonds is 1. The zero-order chi connectivity index (χ0) is 10.7. The second-order valence-electron chi connectivity index (χ2n) is 4.30. The molecule has 1 heterocycles. The summed E-state index contributed by atoms with van der Waals surface area (Å²) in [4.78, 5) is 4.59. The van der Waals surface area contributed by atoms with Crippen molar-refractivity contribution >= 4 is 15.9 Å². The minimum Gasteiger partial charge on any atom is -0.246 e. The van der Waals surface area contributed by atoms with Gasteiger partial charge < -0.3 is 0 Å². The van der Waals surface area contributed by atoms with E-state index in [-0.39, 0.29) is 0 Å². The summed E-state index contributed by atoms with van der Waals surface area (Å²) in [6, 6.07) is 2.22. The molecule has 0 spiro atoms. The van der Waals surface area contributed by atoms with E-state index < -0.39 is 0 Å². The van der Waals surface area contributed by atoms with E-state index in [1.165, 1.54) is 49.8 Å². The van der Waals surface area contributed by atoms with Crippen molar-refractivity contribution in [3.8, 4) is 0 Å². The van der Waals surface area contributed by atoms with Gasteiger partial charge in [0.1, 0.15) is 4.60 Å². The quantitative estimate of drug-likeness (QED) is 0.700. The molecule has 1 aliphatic carbocycles. The van der Waals surface area contributed by atoms with Gasteiger partial charge in [-0.2, -0.15) is 0 Å². The Bertz CT molecular complexity index is 347. The third kappa shape index (κ3) is 2.60. The third-order valence-corrected chi connectivity index (χ3v) is 3.64. The van der Waals surface area contributed by atoms with Crippen LogP contribution in [0.3, 0.4) is 0 Å². The van der Waals surface area contributed by atoms with Gasteiger partial charge in [-0.15, -0.1) is 0 Å². The summed E-state index contributed by atoms with van der Waals surface area (Å²) in [5.74, 6) is 0. The Morgan fingerprint density at radius 2 is 1.93 bits per heavy atom. The molecule has 1 aliphatic rings. The fourth-order valence-electron chi connectivity index (χ4n) is 2.44. The Hall–Kier alpha value is -0.370. The smallest absolute Gasteiger partial charge is 0.106 e. The first-order valence-corrected chi connectivity index (χ1v) is 6.77. The Morgan fingerprint density at radius 3 is 2.67 bits per heavy atom. The lowest BCUT2D eigenvalue weighted by Gasteiger charge is -2.16. The average Bonchev–Trinajstić information content (AvgIpc) is 2.19. The van der Waals surface area contributed by atoms with E-state index in [1.807, 2.05) is 0 Å². The molecular weight excluding hydrogens is 250 g/mol. The van der Waals surface area contributed by atoms with Crippen molar-refractivity contribution in [2.24, 2.45) is 0 Å². The second kappa shape index (κ2) is 5.11. The van der Waals surface area contributed by atoms with Gasteiger partial charge in [-0.25, -0.2) is 4.98 Å². The van der Waals surface area contributed by atoms with Crippen molar-refractivity contribution in [1.29, 1.82) is 0 Å². The Balaban J connectivity index is 2.40. The van der Waals surface area contributed by atoms with E-state index in [9.17, 15) is 0 Å². The normalized spacial score (nSPS) is 16.7. The van der Waals surface area contributed by atoms with Crippen molar-refractivity contribution in [3.05, 3.63) is 27.5 Å². The van der Waals surface area contributed by atoms with Crippen molar-refractivity contribution in [2.75, 3.05) is 0 Å². The molecule has 1 aromatic heterocycles. The van der Waals surface area contributed by atoms with E-state index in [2.05, 4.69) is 33.9 Å². The highest BCUT2D eigenvalue weighted by molar-refractivity contribution is 9.10. The van der Waals surface area contributed by atoms with Gasteiger partial charge in [0.05, 0.1) is 0 Å². The van der Waals surface area contributed by atoms with Gasteiger partial charge in [0.15, 0.2) is 0 Å². The molecule has 1 nitrogen and oxygen atoms in total. The summed E-state index contributed by atoms with van der Waals surface area (Å²) < 4.78 is 1.01. The highest BCUT2D eigenvalue weighted by Gasteiger charge is 2.12. The van der Waals surface area contributed by atoms with Crippen LogP contribution < -0.4 is 0 Å². The fraction of sp³-hybridized carbons (Fsp3) is 0.615. The standard InChI is InChI=1S/C13H18BrN/c1-2-12-11-8-6-4-3-5-7-10(11)9-13(14)15-12/h9H,2-8H2,1H3. The van der Waals surface area contributed by atoms with Gasteiger partial charge in [-0.3, -0.25) is 0 Å². The van der Waals surface area contributed by atoms with Gasteiger partial charge in [0, 0.05) is 5.69 Å². The molecule has 0 atom stereocenters. The van der Waals surface area contributed by atoms with E-state index in [4.69, 9.17) is 0 Å². The molecule has 0 saturated carbocycles. The summed E-state index contributed by atoms with van der Waals surface area (Å²) in [6.45, 7) is 2.20. The zero-order valence-electron chi connectivity index (χ0n) is 9.35. The van der Waals surface area contributed by atoms with Crippen LogP contribution in [-0.4, -0.2) is 4.98 Å². The Kier molecular flexibility index (Phi) is 3.79. The number of pyridine rings is 1. The largest absolute Gasteiger partial charge is 0.246 e. The summed E-state index contributed by atoms with van der Waals surface area (Å²) in [7, 11) is 0. The van der Waals surface area contributed by atoms with E-state index in [1.54, 1.807) is 5.56 Å². The molecule has 0 amide bonds. The Labute approximate surface area is 100 Å². The molecule has 2 heteroatoms. The van der Waals surface area contributed by atoms with Crippen LogP contribution in [0.1, 0.15) is 49.4 Å². The van der Waals surface area contributed by atoms with Crippen LogP contribution in [0.15, 0.2) is 10.7 Å². The highest BCUT2D eigenvalue weighted by Crippen LogP contribution is 2.25. The zero-order valence-corrected chi connectivity index (χ0v) is 10.9. The van der Waals surface area contributed by atoms with Crippen molar-refractivity contribution < 1.29 is 0 Å². The lowest BCUT2D eigenvalue weighted by atomic mass is 9.92. The topological polar surface area (TPSA) is 12.9 Å². The predicted molar refractivity (Wildman–Crippen MR) is 67.2 cm³/mol. The van der Waals surface area contributed by atoms with Crippen molar-refractivity contribution in [1.82, 2.24) is 4.98 Å². The van der Waals surface area contributed by atoms with Gasteiger partial charge >= 0.3 is 0 Å². The molecule has 82 valence electrons. The molecule has 0 unspecified atom stereocenters. The van der Waals surface area contributed by atoms with Crippen LogP contribution in [-0.2, 0) is 19.3 Å². The molecular formula is C13H18BrN. The average molecular weight is 268 g/mol. The lowest BCUT2D eigenvalue weighted by molar-refractivity contribution is 0.611. The van der Waals surface area contributed by atoms with Crippen LogP contribution in [0.5, 0.6) is 0 Å². The van der Waals surface area contributed by atoms with Crippen LogP contribution >= 0.6 is 15.9 Å². The SMILES string of the molecule is CCc1nc(Br)cc2c1CCCCCC2. The summed E-state index contributed by atoms with van der Waals surface area (Å²) >= 11 is 3.52. The maximum absolute atomic E-state index is 4.59. The maximum atomic E-state index is 4.59. The summed E-state index contributed by atoms with van der Waals surface area (Å²) in [6.07, 6.45) is 8.99. The molecule has 0 N–H and O–H groups in total. The minimum atomic E-state index is 1.01. The van der Waals surface area contributed by atoms with Crippen LogP contribution in [0, 0.1) is 0 Å². The monoisotopic (exact) mass is 267 g/mol. The molecule has 0 radical (unpaired) electrons. The van der Waals surface area contributed by atoms with E-state index in [0.717, 1.165) is 11.0 Å². The number of fused-ring (bicyclic) bond motifs is 1. The summed E-state index contributed by atoms with van der Waals surface area (Å²) in [5.41, 5.74) is 4.38. The first-order valence-electron chi connectivity index (χ1n) is 5.98. The number of hydrogen-bond acceptors (Lipinski definition) is 1. The van der Waals surface area contributed by atoms with Gasteiger partial charge in [-0.05, 0) is 65.2 Å². The number of halogens is 1. The molecule has 1 aromatic rings. The van der Waals surface area contributed by atoms with Crippen LogP contribution in [0.25, 0.3) is 0 Å². The van der Waals surface area contributed by atoms with Crippen LogP contribution in [0.2, 0.25) is 0 Å². The molecule has 2 rings (SSSR count). The van der Waals surface area contributed by atoms with Gasteiger partial charge in [0.2, 0.25) is 0 Å². The van der Waals surface area contributed by atoms with Crippen molar-refractivity contribution in [2.45, 2.75) is 51.9 Å². The van der Waals surface area contributed by atoms with Crippen molar-refractivity contribution in [3.63, 3.8) is 0 Å². The third-order valence-electron chi connectivity index (χ3n) is 3.23. The second-order valence-corrected chi connectivity index (χ2v) is 5.11. The molecule has 0 fully saturated rings. The maximum Gasteiger partial charge on any atom is 0.106 e. The molecule has 15 heavy (non-hydrogen) atoms. The Morgan fingerprint density at radius 1 is 1.20 bits per heavy atom. The van der Waals surface area contributed by atoms with Gasteiger partial charge in [0.25, 0.3) is 0 Å². The minimum absolute atomic E-state index is 1.01. The van der Waals surface area contributed by atoms with Crippen LogP contribution in [0.4, 0.5) is 0 Å². The lowest BCUT2D eigenvalue weighted by Crippen LogP contribution is -2.06. The first kappa shape index (κ1) is 11.1. The first-order chi connectivity index (χ1) is 7.31. The molecule has 0 bridgehead atoms. The van der Waals surface area contributed by atoms with E-state index in [0.29, 0.717) is 0 Å². The number of aromatic nitrogens is 1. The fourth-order valence-corrected chi connectivity index (χ4v) is 2.93. The molecule has 0 aliphatic heterocycles. The number of hydrogen-bond donors (Lipinski definition) is 0. The highest BCUT2D eigenvalue weighted by atomic mass is 79.9.